The van der Waals surface area contributed by atoms with Gasteiger partial charge in [-0.15, -0.1) is 0 Å². The Morgan fingerprint density at radius 3 is 2.43 bits per heavy atom. The molecule has 0 bridgehead atoms. The van der Waals surface area contributed by atoms with E-state index in [-0.39, 0.29) is 18.4 Å². The highest BCUT2D eigenvalue weighted by Crippen LogP contribution is 2.11. The summed E-state index contributed by atoms with van der Waals surface area (Å²) in [5, 5.41) is 5.87. The monoisotopic (exact) mass is 320 g/mol. The molecule has 0 spiro atoms. The van der Waals surface area contributed by atoms with Gasteiger partial charge in [-0.3, -0.25) is 4.79 Å². The molecule has 0 saturated heterocycles. The van der Waals surface area contributed by atoms with Gasteiger partial charge in [-0.05, 0) is 43.1 Å². The summed E-state index contributed by atoms with van der Waals surface area (Å²) >= 11 is 0. The van der Waals surface area contributed by atoms with Crippen LogP contribution in [0.15, 0.2) is 24.3 Å². The Morgan fingerprint density at radius 2 is 1.83 bits per heavy atom. The summed E-state index contributed by atoms with van der Waals surface area (Å²) in [5.41, 5.74) is 1.17. The van der Waals surface area contributed by atoms with Gasteiger partial charge >= 0.3 is 5.97 Å². The molecule has 2 N–H and O–H groups in total. The van der Waals surface area contributed by atoms with Gasteiger partial charge in [-0.2, -0.15) is 0 Å². The standard InChI is InChI=1S/C18H28N2O3/c1-4-5-6-11-23-18(22)15-7-9-16(10-8-15)20-17(21)13-19-12-14(2)3/h7-10,14,19H,4-6,11-13H2,1-3H3,(H,20,21). The molecule has 1 rings (SSSR count). The van der Waals surface area contributed by atoms with Crippen LogP contribution in [-0.2, 0) is 9.53 Å². The summed E-state index contributed by atoms with van der Waals surface area (Å²) in [4.78, 5) is 23.6. The van der Waals surface area contributed by atoms with E-state index in [4.69, 9.17) is 4.74 Å². The normalized spacial score (nSPS) is 10.6. The molecule has 0 radical (unpaired) electrons. The molecule has 1 amide bonds. The molecule has 0 saturated carbocycles. The lowest BCUT2D eigenvalue weighted by Gasteiger charge is -2.09. The van der Waals surface area contributed by atoms with Crippen LogP contribution in [0.3, 0.4) is 0 Å². The first-order valence-electron chi connectivity index (χ1n) is 8.30. The molecule has 0 aliphatic heterocycles. The van der Waals surface area contributed by atoms with Crippen LogP contribution in [0.5, 0.6) is 0 Å². The average molecular weight is 320 g/mol. The Bertz CT molecular complexity index is 484. The van der Waals surface area contributed by atoms with E-state index in [1.54, 1.807) is 24.3 Å². The van der Waals surface area contributed by atoms with Crippen molar-refractivity contribution < 1.29 is 14.3 Å². The molecule has 0 heterocycles. The van der Waals surface area contributed by atoms with E-state index < -0.39 is 0 Å². The van der Waals surface area contributed by atoms with E-state index in [2.05, 4.69) is 31.4 Å². The predicted octanol–water partition coefficient (Wildman–Crippen LogP) is 3.22. The van der Waals surface area contributed by atoms with E-state index in [1.165, 1.54) is 0 Å². The van der Waals surface area contributed by atoms with Gasteiger partial charge in [-0.25, -0.2) is 4.79 Å². The number of amides is 1. The van der Waals surface area contributed by atoms with Crippen molar-refractivity contribution in [2.75, 3.05) is 25.0 Å². The Labute approximate surface area is 138 Å². The van der Waals surface area contributed by atoms with Crippen molar-refractivity contribution in [1.82, 2.24) is 5.32 Å². The maximum Gasteiger partial charge on any atom is 0.338 e. The van der Waals surface area contributed by atoms with Gasteiger partial charge in [0.1, 0.15) is 0 Å². The van der Waals surface area contributed by atoms with Gasteiger partial charge in [0.15, 0.2) is 0 Å². The molecule has 0 unspecified atom stereocenters. The molecular weight excluding hydrogens is 292 g/mol. The number of ether oxygens (including phenoxy) is 1. The largest absolute Gasteiger partial charge is 0.462 e. The third-order valence-corrected chi connectivity index (χ3v) is 3.22. The van der Waals surface area contributed by atoms with Crippen LogP contribution in [-0.4, -0.2) is 31.6 Å². The second-order valence-corrected chi connectivity index (χ2v) is 5.99. The minimum atomic E-state index is -0.322. The maximum absolute atomic E-state index is 11.8. The van der Waals surface area contributed by atoms with Crippen molar-refractivity contribution in [1.29, 1.82) is 0 Å². The van der Waals surface area contributed by atoms with Crippen molar-refractivity contribution in [3.8, 4) is 0 Å². The fraction of sp³-hybridized carbons (Fsp3) is 0.556. The summed E-state index contributed by atoms with van der Waals surface area (Å²) < 4.78 is 5.19. The topological polar surface area (TPSA) is 67.4 Å². The second kappa shape index (κ2) is 10.8. The lowest BCUT2D eigenvalue weighted by molar-refractivity contribution is -0.115. The summed E-state index contributed by atoms with van der Waals surface area (Å²) in [7, 11) is 0. The number of anilines is 1. The molecule has 0 aromatic heterocycles. The molecule has 5 heteroatoms. The van der Waals surface area contributed by atoms with E-state index in [0.717, 1.165) is 25.8 Å². The molecule has 0 aliphatic rings. The lowest BCUT2D eigenvalue weighted by atomic mass is 10.2. The molecule has 0 atom stereocenters. The van der Waals surface area contributed by atoms with Crippen LogP contribution in [0.2, 0.25) is 0 Å². The number of hydrogen-bond acceptors (Lipinski definition) is 4. The molecule has 128 valence electrons. The smallest absolute Gasteiger partial charge is 0.338 e. The first kappa shape index (κ1) is 19.2. The van der Waals surface area contributed by atoms with Gasteiger partial charge in [0.2, 0.25) is 5.91 Å². The average Bonchev–Trinajstić information content (AvgIpc) is 2.51. The minimum absolute atomic E-state index is 0.0967. The van der Waals surface area contributed by atoms with Gasteiger partial charge in [0, 0.05) is 5.69 Å². The third-order valence-electron chi connectivity index (χ3n) is 3.22. The first-order chi connectivity index (χ1) is 11.0. The Balaban J connectivity index is 2.37. The number of nitrogens with one attached hydrogen (secondary N) is 2. The Kier molecular flexibility index (Phi) is 8.98. The Hall–Kier alpha value is -1.88. The molecule has 1 aromatic rings. The number of unbranched alkanes of at least 4 members (excludes halogenated alkanes) is 2. The van der Waals surface area contributed by atoms with Crippen LogP contribution in [0.1, 0.15) is 50.4 Å². The number of rotatable bonds is 10. The van der Waals surface area contributed by atoms with Gasteiger partial charge < -0.3 is 15.4 Å². The van der Waals surface area contributed by atoms with Crippen LogP contribution in [0, 0.1) is 5.92 Å². The van der Waals surface area contributed by atoms with Crippen molar-refractivity contribution in [2.24, 2.45) is 5.92 Å². The SMILES string of the molecule is CCCCCOC(=O)c1ccc(NC(=O)CNCC(C)C)cc1. The third kappa shape index (κ3) is 8.35. The Morgan fingerprint density at radius 1 is 1.13 bits per heavy atom. The zero-order valence-electron chi connectivity index (χ0n) is 14.4. The lowest BCUT2D eigenvalue weighted by Crippen LogP contribution is -2.30. The highest BCUT2D eigenvalue weighted by Gasteiger charge is 2.08. The molecule has 1 aromatic carbocycles. The van der Waals surface area contributed by atoms with Crippen LogP contribution in [0.4, 0.5) is 5.69 Å². The molecule has 5 nitrogen and oxygen atoms in total. The molecule has 0 aliphatic carbocycles. The molecule has 23 heavy (non-hydrogen) atoms. The zero-order valence-corrected chi connectivity index (χ0v) is 14.4. The van der Waals surface area contributed by atoms with E-state index in [9.17, 15) is 9.59 Å². The summed E-state index contributed by atoms with van der Waals surface area (Å²) in [5.74, 6) is 0.0866. The van der Waals surface area contributed by atoms with Crippen LogP contribution in [0.25, 0.3) is 0 Å². The van der Waals surface area contributed by atoms with Gasteiger partial charge in [0.05, 0.1) is 18.7 Å². The predicted molar refractivity (Wildman–Crippen MR) is 92.6 cm³/mol. The number of carbonyl (C=O) groups is 2. The fourth-order valence-electron chi connectivity index (χ4n) is 1.97. The number of hydrogen-bond donors (Lipinski definition) is 2. The van der Waals surface area contributed by atoms with Gasteiger partial charge in [0.25, 0.3) is 0 Å². The summed E-state index contributed by atoms with van der Waals surface area (Å²) in [6, 6.07) is 6.75. The molecule has 0 fully saturated rings. The first-order valence-corrected chi connectivity index (χ1v) is 8.30. The quantitative estimate of drug-likeness (QED) is 0.513. The fourth-order valence-corrected chi connectivity index (χ4v) is 1.97. The van der Waals surface area contributed by atoms with Gasteiger partial charge in [-0.1, -0.05) is 33.6 Å². The number of benzene rings is 1. The van der Waals surface area contributed by atoms with Crippen molar-refractivity contribution in [3.63, 3.8) is 0 Å². The minimum Gasteiger partial charge on any atom is -0.462 e. The zero-order chi connectivity index (χ0) is 17.1. The molecular formula is C18H28N2O3. The highest BCUT2D eigenvalue weighted by molar-refractivity contribution is 5.93. The summed E-state index contributed by atoms with van der Waals surface area (Å²) in [6.45, 7) is 7.81. The second-order valence-electron chi connectivity index (χ2n) is 5.99. The van der Waals surface area contributed by atoms with Crippen LogP contribution >= 0.6 is 0 Å². The maximum atomic E-state index is 11.8. The van der Waals surface area contributed by atoms with Crippen LogP contribution < -0.4 is 10.6 Å². The van der Waals surface area contributed by atoms with E-state index >= 15 is 0 Å². The highest BCUT2D eigenvalue weighted by atomic mass is 16.5. The summed E-state index contributed by atoms with van der Waals surface area (Å²) in [6.07, 6.45) is 3.04. The van der Waals surface area contributed by atoms with Crippen molar-refractivity contribution in [3.05, 3.63) is 29.8 Å². The van der Waals surface area contributed by atoms with E-state index in [1.807, 2.05) is 0 Å². The van der Waals surface area contributed by atoms with Crippen molar-refractivity contribution in [2.45, 2.75) is 40.0 Å². The van der Waals surface area contributed by atoms with Crippen molar-refractivity contribution >= 4 is 17.6 Å². The van der Waals surface area contributed by atoms with E-state index in [0.29, 0.717) is 23.8 Å². The number of esters is 1. The number of carbonyl (C=O) groups excluding carboxylic acids is 2.